The molecule has 0 aliphatic rings. The number of carbonyl (C=O) groups is 2. The van der Waals surface area contributed by atoms with Gasteiger partial charge in [-0.15, -0.1) is 0 Å². The van der Waals surface area contributed by atoms with Crippen LogP contribution in [0.5, 0.6) is 0 Å². The van der Waals surface area contributed by atoms with Crippen LogP contribution >= 0.6 is 0 Å². The van der Waals surface area contributed by atoms with Crippen LogP contribution in [0.1, 0.15) is 233 Å². The van der Waals surface area contributed by atoms with Crippen LogP contribution in [0.3, 0.4) is 0 Å². The van der Waals surface area contributed by atoms with Crippen molar-refractivity contribution in [1.82, 2.24) is 15.5 Å². The van der Waals surface area contributed by atoms with Gasteiger partial charge in [0.05, 0.1) is 0 Å². The lowest BCUT2D eigenvalue weighted by Crippen LogP contribution is -2.68. The first-order chi connectivity index (χ1) is 22.4. The minimum absolute atomic E-state index is 0.0394. The summed E-state index contributed by atoms with van der Waals surface area (Å²) in [4.78, 5) is 27.7. The summed E-state index contributed by atoms with van der Waals surface area (Å²) in [6.45, 7) is 6.59. The summed E-state index contributed by atoms with van der Waals surface area (Å²) in [5.74, 6) is -0.728. The van der Waals surface area contributed by atoms with Gasteiger partial charge in [0.15, 0.2) is 5.79 Å². The van der Waals surface area contributed by atoms with Crippen molar-refractivity contribution < 1.29 is 9.59 Å². The van der Waals surface area contributed by atoms with E-state index >= 15 is 0 Å². The van der Waals surface area contributed by atoms with E-state index in [2.05, 4.69) is 24.5 Å². The van der Waals surface area contributed by atoms with Crippen molar-refractivity contribution >= 4 is 11.8 Å². The molecular formula is C41H83N3O2. The summed E-state index contributed by atoms with van der Waals surface area (Å²) in [6.07, 6.45) is 41.3. The Hall–Kier alpha value is -1.10. The van der Waals surface area contributed by atoms with Crippen molar-refractivity contribution in [2.45, 2.75) is 238 Å². The van der Waals surface area contributed by atoms with Gasteiger partial charge in [0, 0.05) is 19.3 Å². The summed E-state index contributed by atoms with van der Waals surface area (Å²) in [5.41, 5.74) is 0. The van der Waals surface area contributed by atoms with E-state index in [0.717, 1.165) is 25.7 Å². The van der Waals surface area contributed by atoms with Crippen molar-refractivity contribution in [3.63, 3.8) is 0 Å². The molecular weight excluding hydrogens is 566 g/mol. The van der Waals surface area contributed by atoms with Gasteiger partial charge >= 0.3 is 0 Å². The Morgan fingerprint density at radius 3 is 0.804 bits per heavy atom. The fourth-order valence-corrected chi connectivity index (χ4v) is 6.65. The number of rotatable bonds is 36. The molecule has 0 spiro atoms. The first kappa shape index (κ1) is 44.9. The third-order valence-corrected chi connectivity index (χ3v) is 9.98. The normalized spacial score (nSPS) is 11.8. The van der Waals surface area contributed by atoms with E-state index < -0.39 is 5.79 Å². The zero-order valence-electron chi connectivity index (χ0n) is 32.1. The summed E-state index contributed by atoms with van der Waals surface area (Å²) < 4.78 is 0. The van der Waals surface area contributed by atoms with Crippen LogP contribution < -0.4 is 10.6 Å². The van der Waals surface area contributed by atoms with Gasteiger partial charge in [0.1, 0.15) is 0 Å². The monoisotopic (exact) mass is 650 g/mol. The lowest BCUT2D eigenvalue weighted by molar-refractivity contribution is -0.132. The first-order valence-electron chi connectivity index (χ1n) is 20.7. The fraction of sp³-hybridized carbons (Fsp3) is 0.951. The van der Waals surface area contributed by atoms with Gasteiger partial charge < -0.3 is 10.6 Å². The molecule has 5 heteroatoms. The molecule has 2 amide bonds. The lowest BCUT2D eigenvalue weighted by Gasteiger charge is -2.40. The highest BCUT2D eigenvalue weighted by Crippen LogP contribution is 2.17. The Labute approximate surface area is 289 Å². The molecule has 0 aromatic heterocycles. The number of unbranched alkanes of at least 4 members (excludes halogenated alkanes) is 28. The minimum atomic E-state index is -0.806. The molecule has 0 aromatic carbocycles. The van der Waals surface area contributed by atoms with E-state index in [4.69, 9.17) is 0 Å². The standard InChI is InChI=1S/C41H83N3O2/c1-6-9-11-13-15-17-19-21-23-25-27-29-31-33-35-37-39(45)42-41(8-3,44(4)5)43-40(46)38-36-34-32-30-28-26-24-22-20-18-16-14-12-10-7-2/h6-38H2,1-5H3,(H,42,45)(H,43,46). The van der Waals surface area contributed by atoms with Gasteiger partial charge in [-0.2, -0.15) is 0 Å². The van der Waals surface area contributed by atoms with Gasteiger partial charge in [-0.25, -0.2) is 0 Å². The third-order valence-electron chi connectivity index (χ3n) is 9.98. The zero-order valence-corrected chi connectivity index (χ0v) is 32.1. The van der Waals surface area contributed by atoms with E-state index in [0.29, 0.717) is 19.3 Å². The molecule has 0 radical (unpaired) electrons. The van der Waals surface area contributed by atoms with Crippen molar-refractivity contribution in [3.8, 4) is 0 Å². The topological polar surface area (TPSA) is 61.4 Å². The number of hydrogen-bond donors (Lipinski definition) is 2. The van der Waals surface area contributed by atoms with Crippen LogP contribution in [0.4, 0.5) is 0 Å². The Bertz CT molecular complexity index is 618. The predicted molar refractivity (Wildman–Crippen MR) is 202 cm³/mol. The number of hydrogen-bond acceptors (Lipinski definition) is 3. The van der Waals surface area contributed by atoms with E-state index in [1.165, 1.54) is 167 Å². The Morgan fingerprint density at radius 2 is 0.609 bits per heavy atom. The SMILES string of the molecule is CCCCCCCCCCCCCCCCCC(=O)NC(CC)(NC(=O)CCCCCCCCCCCCCCCCC)N(C)C. The number of amides is 2. The van der Waals surface area contributed by atoms with Gasteiger partial charge in [-0.3, -0.25) is 14.5 Å². The second kappa shape index (κ2) is 33.8. The molecule has 0 saturated carbocycles. The molecule has 0 aromatic rings. The molecule has 2 N–H and O–H groups in total. The summed E-state index contributed by atoms with van der Waals surface area (Å²) in [6, 6.07) is 0. The average molecular weight is 650 g/mol. The van der Waals surface area contributed by atoms with Crippen molar-refractivity contribution in [2.24, 2.45) is 0 Å². The van der Waals surface area contributed by atoms with Gasteiger partial charge in [0.2, 0.25) is 11.8 Å². The highest BCUT2D eigenvalue weighted by Gasteiger charge is 2.33. The molecule has 0 heterocycles. The second-order valence-electron chi connectivity index (χ2n) is 14.6. The average Bonchev–Trinajstić information content (AvgIpc) is 3.04. The fourth-order valence-electron chi connectivity index (χ4n) is 6.65. The Balaban J connectivity index is 3.88. The van der Waals surface area contributed by atoms with Crippen LogP contribution in [0.2, 0.25) is 0 Å². The molecule has 0 atom stereocenters. The van der Waals surface area contributed by atoms with E-state index in [1.54, 1.807) is 0 Å². The number of carbonyl (C=O) groups excluding carboxylic acids is 2. The zero-order chi connectivity index (χ0) is 34.0. The quantitative estimate of drug-likeness (QED) is 0.0524. The highest BCUT2D eigenvalue weighted by atomic mass is 16.2. The maximum absolute atomic E-state index is 12.9. The molecule has 5 nitrogen and oxygen atoms in total. The Kier molecular flexibility index (Phi) is 33.0. The maximum atomic E-state index is 12.9. The highest BCUT2D eigenvalue weighted by molar-refractivity contribution is 5.80. The molecule has 0 aliphatic carbocycles. The predicted octanol–water partition coefficient (Wildman–Crippen LogP) is 12.4. The van der Waals surface area contributed by atoms with Gasteiger partial charge in [-0.1, -0.05) is 201 Å². The largest absolute Gasteiger partial charge is 0.321 e. The molecule has 0 bridgehead atoms. The smallest absolute Gasteiger partial charge is 0.222 e. The number of nitrogens with zero attached hydrogens (tertiary/aromatic N) is 1. The van der Waals surface area contributed by atoms with Crippen LogP contribution in [0, 0.1) is 0 Å². The van der Waals surface area contributed by atoms with Gasteiger partial charge in [-0.05, 0) is 26.9 Å². The molecule has 0 fully saturated rings. The van der Waals surface area contributed by atoms with Crippen LogP contribution in [-0.2, 0) is 9.59 Å². The summed E-state index contributed by atoms with van der Waals surface area (Å²) in [7, 11) is 3.87. The van der Waals surface area contributed by atoms with E-state index in [1.807, 2.05) is 25.9 Å². The first-order valence-corrected chi connectivity index (χ1v) is 20.7. The van der Waals surface area contributed by atoms with Gasteiger partial charge in [0.25, 0.3) is 0 Å². The van der Waals surface area contributed by atoms with Crippen LogP contribution in [0.15, 0.2) is 0 Å². The van der Waals surface area contributed by atoms with Crippen LogP contribution in [-0.4, -0.2) is 36.6 Å². The van der Waals surface area contributed by atoms with Crippen molar-refractivity contribution in [2.75, 3.05) is 14.1 Å². The van der Waals surface area contributed by atoms with E-state index in [9.17, 15) is 9.59 Å². The molecule has 46 heavy (non-hydrogen) atoms. The van der Waals surface area contributed by atoms with Crippen LogP contribution in [0.25, 0.3) is 0 Å². The minimum Gasteiger partial charge on any atom is -0.321 e. The second-order valence-corrected chi connectivity index (χ2v) is 14.6. The molecule has 274 valence electrons. The summed E-state index contributed by atoms with van der Waals surface area (Å²) in [5, 5.41) is 6.34. The van der Waals surface area contributed by atoms with Crippen molar-refractivity contribution in [3.05, 3.63) is 0 Å². The molecule has 0 rings (SSSR count). The number of nitrogens with one attached hydrogen (secondary N) is 2. The van der Waals surface area contributed by atoms with Crippen molar-refractivity contribution in [1.29, 1.82) is 0 Å². The molecule has 0 saturated heterocycles. The summed E-state index contributed by atoms with van der Waals surface area (Å²) >= 11 is 0. The lowest BCUT2D eigenvalue weighted by atomic mass is 10.0. The van der Waals surface area contributed by atoms with E-state index in [-0.39, 0.29) is 11.8 Å². The maximum Gasteiger partial charge on any atom is 0.222 e. The molecule has 0 aliphatic heterocycles. The third kappa shape index (κ3) is 28.0. The molecule has 0 unspecified atom stereocenters. The Morgan fingerprint density at radius 1 is 0.391 bits per heavy atom.